The molecule has 2 heterocycles. The summed E-state index contributed by atoms with van der Waals surface area (Å²) in [5.74, 6) is 1.84. The van der Waals surface area contributed by atoms with Crippen molar-refractivity contribution in [3.05, 3.63) is 24.5 Å². The molecule has 30 heavy (non-hydrogen) atoms. The molecule has 0 unspecified atom stereocenters. The van der Waals surface area contributed by atoms with Gasteiger partial charge in [-0.1, -0.05) is 6.07 Å². The van der Waals surface area contributed by atoms with E-state index in [0.717, 1.165) is 29.8 Å². The minimum atomic E-state index is -3.96. The highest BCUT2D eigenvalue weighted by atomic mass is 32.2. The van der Waals surface area contributed by atoms with Crippen molar-refractivity contribution in [1.29, 1.82) is 0 Å². The number of benzene rings is 1. The molecule has 1 aliphatic heterocycles. The topological polar surface area (TPSA) is 123 Å². The fourth-order valence-electron chi connectivity index (χ4n) is 3.23. The Kier molecular flexibility index (Phi) is 6.32. The molecule has 1 fully saturated rings. The molecular formula is C19H27N5O5S. The smallest absolute Gasteiger partial charge is 0.422 e. The Labute approximate surface area is 176 Å². The van der Waals surface area contributed by atoms with Gasteiger partial charge in [-0.05, 0) is 45.2 Å². The van der Waals surface area contributed by atoms with Crippen LogP contribution in [0, 0.1) is 5.92 Å². The number of nitrogens with one attached hydrogen (secondary N) is 2. The van der Waals surface area contributed by atoms with Crippen LogP contribution in [-0.2, 0) is 14.9 Å². The molecule has 0 spiro atoms. The molecule has 1 amide bonds. The lowest BCUT2D eigenvalue weighted by Crippen LogP contribution is -2.49. The predicted molar refractivity (Wildman–Crippen MR) is 113 cm³/mol. The maximum atomic E-state index is 11.9. The Morgan fingerprint density at radius 1 is 1.27 bits per heavy atom. The number of nitrogens with zero attached hydrogens (tertiary/aromatic N) is 3. The molecule has 2 N–H and O–H groups in total. The summed E-state index contributed by atoms with van der Waals surface area (Å²) in [5, 5.41) is 0.914. The molecule has 0 aliphatic carbocycles. The number of carbonyl (C=O) groups is 1. The molecule has 11 heteroatoms. The standard InChI is InChI=1S/C19H27N5O5S/c1-19(2,3)29-18(25)23-30(26,27)22-9-8-13-10-24(11-13)17-14-6-5-7-15(28-4)16(14)20-12-21-17/h5-7,12-13,22H,8-11H2,1-4H3,(H,23,25). The molecule has 0 bridgehead atoms. The van der Waals surface area contributed by atoms with E-state index in [4.69, 9.17) is 9.47 Å². The molecule has 0 atom stereocenters. The van der Waals surface area contributed by atoms with E-state index in [1.807, 2.05) is 22.9 Å². The number of amides is 1. The van der Waals surface area contributed by atoms with Crippen molar-refractivity contribution in [3.63, 3.8) is 0 Å². The zero-order valence-electron chi connectivity index (χ0n) is 17.5. The summed E-state index contributed by atoms with van der Waals surface area (Å²) in [5.41, 5.74) is -0.0149. The average Bonchev–Trinajstić information content (AvgIpc) is 2.60. The Morgan fingerprint density at radius 2 is 2.00 bits per heavy atom. The summed E-state index contributed by atoms with van der Waals surface area (Å²) in [6.07, 6.45) is 1.15. The maximum absolute atomic E-state index is 11.9. The number of anilines is 1. The van der Waals surface area contributed by atoms with Crippen molar-refractivity contribution < 1.29 is 22.7 Å². The second kappa shape index (κ2) is 8.60. The van der Waals surface area contributed by atoms with Crippen molar-refractivity contribution in [1.82, 2.24) is 19.4 Å². The third-order valence-electron chi connectivity index (χ3n) is 4.54. The van der Waals surface area contributed by atoms with Gasteiger partial charge in [0.1, 0.15) is 29.0 Å². The summed E-state index contributed by atoms with van der Waals surface area (Å²) in [6.45, 7) is 6.70. The van der Waals surface area contributed by atoms with Gasteiger partial charge < -0.3 is 14.4 Å². The molecular weight excluding hydrogens is 410 g/mol. The quantitative estimate of drug-likeness (QED) is 0.673. The number of hydrogen-bond acceptors (Lipinski definition) is 8. The molecule has 10 nitrogen and oxygen atoms in total. The van der Waals surface area contributed by atoms with Crippen LogP contribution in [0.3, 0.4) is 0 Å². The van der Waals surface area contributed by atoms with Crippen molar-refractivity contribution >= 4 is 33.0 Å². The molecule has 0 radical (unpaired) electrons. The molecule has 1 aromatic carbocycles. The van der Waals surface area contributed by atoms with Gasteiger partial charge in [0.2, 0.25) is 0 Å². The van der Waals surface area contributed by atoms with Crippen molar-refractivity contribution in [2.75, 3.05) is 31.6 Å². The maximum Gasteiger partial charge on any atom is 0.422 e. The first-order valence-electron chi connectivity index (χ1n) is 9.61. The van der Waals surface area contributed by atoms with Gasteiger partial charge in [0.25, 0.3) is 0 Å². The molecule has 1 aromatic heterocycles. The number of hydrogen-bond donors (Lipinski definition) is 2. The first-order chi connectivity index (χ1) is 14.1. The van der Waals surface area contributed by atoms with Crippen molar-refractivity contribution in [2.45, 2.75) is 32.8 Å². The predicted octanol–water partition coefficient (Wildman–Crippen LogP) is 1.82. The summed E-state index contributed by atoms with van der Waals surface area (Å²) in [7, 11) is -2.35. The lowest BCUT2D eigenvalue weighted by molar-refractivity contribution is 0.0569. The van der Waals surface area contributed by atoms with Gasteiger partial charge >= 0.3 is 16.3 Å². The van der Waals surface area contributed by atoms with Crippen LogP contribution in [0.2, 0.25) is 0 Å². The van der Waals surface area contributed by atoms with Crippen LogP contribution in [0.4, 0.5) is 10.6 Å². The normalized spacial score (nSPS) is 15.0. The number of rotatable bonds is 7. The lowest BCUT2D eigenvalue weighted by atomic mass is 9.96. The first kappa shape index (κ1) is 22.0. The summed E-state index contributed by atoms with van der Waals surface area (Å²) in [6, 6.07) is 5.71. The van der Waals surface area contributed by atoms with Gasteiger partial charge in [0.15, 0.2) is 0 Å². The molecule has 1 aliphatic rings. The summed E-state index contributed by atoms with van der Waals surface area (Å²) in [4.78, 5) is 22.5. The highest BCUT2D eigenvalue weighted by Gasteiger charge is 2.29. The fourth-order valence-corrected chi connectivity index (χ4v) is 3.95. The Hall–Kier alpha value is -2.66. The van der Waals surface area contributed by atoms with Crippen LogP contribution < -0.4 is 19.1 Å². The molecule has 164 valence electrons. The van der Waals surface area contributed by atoms with E-state index in [-0.39, 0.29) is 6.54 Å². The van der Waals surface area contributed by atoms with E-state index in [1.54, 1.807) is 27.9 Å². The largest absolute Gasteiger partial charge is 0.494 e. The van der Waals surface area contributed by atoms with Gasteiger partial charge in [-0.25, -0.2) is 19.5 Å². The van der Waals surface area contributed by atoms with E-state index in [1.165, 1.54) is 6.33 Å². The van der Waals surface area contributed by atoms with Crippen LogP contribution in [0.25, 0.3) is 10.9 Å². The van der Waals surface area contributed by atoms with Crippen LogP contribution in [0.15, 0.2) is 24.5 Å². The molecule has 3 rings (SSSR count). The summed E-state index contributed by atoms with van der Waals surface area (Å²) < 4.78 is 38.4. The third-order valence-corrected chi connectivity index (χ3v) is 5.56. The molecule has 1 saturated heterocycles. The number of carbonyl (C=O) groups excluding carboxylic acids is 1. The average molecular weight is 438 g/mol. The van der Waals surface area contributed by atoms with Gasteiger partial charge in [-0.2, -0.15) is 13.1 Å². The minimum Gasteiger partial charge on any atom is -0.494 e. The highest BCUT2D eigenvalue weighted by molar-refractivity contribution is 7.88. The van der Waals surface area contributed by atoms with Gasteiger partial charge in [-0.3, -0.25) is 0 Å². The highest BCUT2D eigenvalue weighted by Crippen LogP contribution is 2.33. The van der Waals surface area contributed by atoms with E-state index >= 15 is 0 Å². The van der Waals surface area contributed by atoms with E-state index in [2.05, 4.69) is 19.6 Å². The number of para-hydroxylation sites is 1. The fraction of sp³-hybridized carbons (Fsp3) is 0.526. The van der Waals surface area contributed by atoms with E-state index in [0.29, 0.717) is 18.1 Å². The zero-order valence-corrected chi connectivity index (χ0v) is 18.3. The van der Waals surface area contributed by atoms with Crippen LogP contribution in [-0.4, -0.2) is 56.8 Å². The number of methoxy groups -OCH3 is 1. The van der Waals surface area contributed by atoms with Crippen molar-refractivity contribution in [3.8, 4) is 5.75 Å². The third kappa shape index (κ3) is 5.48. The second-order valence-corrected chi connectivity index (χ2v) is 9.61. The Bertz CT molecular complexity index is 1020. The monoisotopic (exact) mass is 437 g/mol. The lowest BCUT2D eigenvalue weighted by Gasteiger charge is -2.40. The summed E-state index contributed by atoms with van der Waals surface area (Å²) >= 11 is 0. The Balaban J connectivity index is 1.49. The van der Waals surface area contributed by atoms with E-state index < -0.39 is 21.9 Å². The molecule has 0 saturated carbocycles. The van der Waals surface area contributed by atoms with Gasteiger partial charge in [-0.15, -0.1) is 0 Å². The number of ether oxygens (including phenoxy) is 2. The van der Waals surface area contributed by atoms with Crippen LogP contribution in [0.5, 0.6) is 5.75 Å². The van der Waals surface area contributed by atoms with Gasteiger partial charge in [0.05, 0.1) is 7.11 Å². The van der Waals surface area contributed by atoms with Crippen LogP contribution in [0.1, 0.15) is 27.2 Å². The zero-order chi connectivity index (χ0) is 21.9. The van der Waals surface area contributed by atoms with E-state index in [9.17, 15) is 13.2 Å². The number of fused-ring (bicyclic) bond motifs is 1. The number of aromatic nitrogens is 2. The SMILES string of the molecule is COc1cccc2c(N3CC(CCNS(=O)(=O)NC(=O)OC(C)(C)C)C3)ncnc12. The first-order valence-corrected chi connectivity index (χ1v) is 11.1. The minimum absolute atomic E-state index is 0.217. The second-order valence-electron chi connectivity index (χ2n) is 8.12. The van der Waals surface area contributed by atoms with Crippen molar-refractivity contribution in [2.24, 2.45) is 5.92 Å². The van der Waals surface area contributed by atoms with Gasteiger partial charge in [0, 0.05) is 25.0 Å². The molecule has 2 aromatic rings. The van der Waals surface area contributed by atoms with Crippen LogP contribution >= 0.6 is 0 Å². The Morgan fingerprint density at radius 3 is 2.67 bits per heavy atom.